The molecule has 1 unspecified atom stereocenters. The van der Waals surface area contributed by atoms with Crippen LogP contribution in [0.25, 0.3) is 0 Å². The number of halogens is 1. The number of aliphatic imine (C=N–C) groups is 1. The average Bonchev–Trinajstić information content (AvgIpc) is 2.64. The molecule has 28 heavy (non-hydrogen) atoms. The Hall–Kier alpha value is -1.06. The summed E-state index contributed by atoms with van der Waals surface area (Å²) < 4.78 is 5.70. The first-order valence-corrected chi connectivity index (χ1v) is 10.2. The second-order valence-electron chi connectivity index (χ2n) is 6.84. The van der Waals surface area contributed by atoms with Crippen LogP contribution in [0.4, 0.5) is 0 Å². The van der Waals surface area contributed by atoms with Crippen molar-refractivity contribution < 1.29 is 9.84 Å². The van der Waals surface area contributed by atoms with Crippen LogP contribution in [-0.4, -0.2) is 61.3 Å². The largest absolute Gasteiger partial charge is 0.491 e. The fourth-order valence-electron chi connectivity index (χ4n) is 2.77. The summed E-state index contributed by atoms with van der Waals surface area (Å²) in [6, 6.07) is 7.58. The van der Waals surface area contributed by atoms with Gasteiger partial charge in [0.15, 0.2) is 5.96 Å². The molecule has 0 bridgehead atoms. The van der Waals surface area contributed by atoms with Crippen LogP contribution in [0, 0.1) is 0 Å². The minimum absolute atomic E-state index is 0. The van der Waals surface area contributed by atoms with Gasteiger partial charge in [-0.1, -0.05) is 26.0 Å². The number of hydrogen-bond acceptors (Lipinski definition) is 4. The molecule has 0 aliphatic heterocycles. The first kappa shape index (κ1) is 26.9. The Morgan fingerprint density at radius 3 is 2.54 bits per heavy atom. The maximum absolute atomic E-state index is 10.5. The second-order valence-corrected chi connectivity index (χ2v) is 6.84. The monoisotopic (exact) mass is 506 g/mol. The third-order valence-electron chi connectivity index (χ3n) is 4.09. The highest BCUT2D eigenvalue weighted by molar-refractivity contribution is 14.0. The summed E-state index contributed by atoms with van der Waals surface area (Å²) in [4.78, 5) is 6.94. The summed E-state index contributed by atoms with van der Waals surface area (Å²) in [5.74, 6) is 1.50. The summed E-state index contributed by atoms with van der Waals surface area (Å²) >= 11 is 0. The Morgan fingerprint density at radius 2 is 1.93 bits per heavy atom. The van der Waals surface area contributed by atoms with E-state index in [4.69, 9.17) is 4.74 Å². The number of likely N-dealkylation sites (N-methyl/N-ethyl adjacent to an activating group) is 1. The third kappa shape index (κ3) is 11.1. The molecule has 0 saturated heterocycles. The lowest BCUT2D eigenvalue weighted by molar-refractivity contribution is 0.185. The molecule has 3 N–H and O–H groups in total. The van der Waals surface area contributed by atoms with E-state index in [1.807, 2.05) is 45.0 Å². The molecule has 0 heterocycles. The lowest BCUT2D eigenvalue weighted by Crippen LogP contribution is -2.42. The lowest BCUT2D eigenvalue weighted by atomic mass is 10.1. The van der Waals surface area contributed by atoms with E-state index in [1.54, 1.807) is 0 Å². The Morgan fingerprint density at radius 1 is 1.18 bits per heavy atom. The SMILES string of the molecule is CCCN(CC)CCNC(=NCC(O)c1cccc(OC(C)C)c1)NCC.I. The molecule has 0 aliphatic carbocycles. The van der Waals surface area contributed by atoms with Crippen molar-refractivity contribution in [2.45, 2.75) is 53.2 Å². The van der Waals surface area contributed by atoms with Crippen molar-refractivity contribution in [1.29, 1.82) is 0 Å². The van der Waals surface area contributed by atoms with Gasteiger partial charge in [0.25, 0.3) is 0 Å². The van der Waals surface area contributed by atoms with Crippen molar-refractivity contribution in [2.24, 2.45) is 4.99 Å². The molecule has 162 valence electrons. The van der Waals surface area contributed by atoms with Gasteiger partial charge in [-0.05, 0) is 58.0 Å². The van der Waals surface area contributed by atoms with Crippen molar-refractivity contribution in [3.05, 3.63) is 29.8 Å². The van der Waals surface area contributed by atoms with Gasteiger partial charge in [0.05, 0.1) is 18.8 Å². The number of nitrogens with zero attached hydrogens (tertiary/aromatic N) is 2. The van der Waals surface area contributed by atoms with Gasteiger partial charge in [-0.15, -0.1) is 24.0 Å². The van der Waals surface area contributed by atoms with Crippen molar-refractivity contribution in [1.82, 2.24) is 15.5 Å². The standard InChI is InChI=1S/C21H38N4O2.HI/c1-6-13-25(8-3)14-12-23-21(22-7-2)24-16-20(26)18-10-9-11-19(15-18)27-17(4)5;/h9-11,15,17,20,26H,6-8,12-14,16H2,1-5H3,(H2,22,23,24);1H. The first-order valence-electron chi connectivity index (χ1n) is 10.2. The fraction of sp³-hybridized carbons (Fsp3) is 0.667. The molecular weight excluding hydrogens is 467 g/mol. The van der Waals surface area contributed by atoms with Gasteiger partial charge in [-0.25, -0.2) is 0 Å². The summed E-state index contributed by atoms with van der Waals surface area (Å²) in [6.07, 6.45) is 0.604. The van der Waals surface area contributed by atoms with Crippen LogP contribution in [-0.2, 0) is 0 Å². The van der Waals surface area contributed by atoms with Crippen molar-refractivity contribution in [2.75, 3.05) is 39.3 Å². The maximum atomic E-state index is 10.5. The minimum atomic E-state index is -0.664. The van der Waals surface area contributed by atoms with E-state index in [0.717, 1.165) is 56.4 Å². The van der Waals surface area contributed by atoms with Crippen molar-refractivity contribution in [3.8, 4) is 5.75 Å². The van der Waals surface area contributed by atoms with Gasteiger partial charge < -0.3 is 25.4 Å². The number of nitrogens with one attached hydrogen (secondary N) is 2. The molecule has 0 aromatic heterocycles. The summed E-state index contributed by atoms with van der Waals surface area (Å²) in [5, 5.41) is 17.1. The number of rotatable bonds is 12. The maximum Gasteiger partial charge on any atom is 0.191 e. The second kappa shape index (κ2) is 15.8. The van der Waals surface area contributed by atoms with E-state index < -0.39 is 6.10 Å². The highest BCUT2D eigenvalue weighted by Crippen LogP contribution is 2.20. The molecule has 0 amide bonds. The van der Waals surface area contributed by atoms with Crippen LogP contribution in [0.5, 0.6) is 5.75 Å². The van der Waals surface area contributed by atoms with Crippen LogP contribution in [0.2, 0.25) is 0 Å². The molecule has 0 saturated carbocycles. The molecule has 1 aromatic carbocycles. The van der Waals surface area contributed by atoms with Gasteiger partial charge in [0, 0.05) is 19.6 Å². The predicted molar refractivity (Wildman–Crippen MR) is 129 cm³/mol. The molecule has 0 spiro atoms. The first-order chi connectivity index (χ1) is 13.0. The molecule has 7 heteroatoms. The third-order valence-corrected chi connectivity index (χ3v) is 4.09. The number of guanidine groups is 1. The van der Waals surface area contributed by atoms with E-state index in [9.17, 15) is 5.11 Å². The van der Waals surface area contributed by atoms with Crippen LogP contribution >= 0.6 is 24.0 Å². The van der Waals surface area contributed by atoms with Crippen LogP contribution in [0.1, 0.15) is 52.7 Å². The van der Waals surface area contributed by atoms with E-state index in [1.165, 1.54) is 0 Å². The zero-order chi connectivity index (χ0) is 20.1. The van der Waals surface area contributed by atoms with Crippen LogP contribution < -0.4 is 15.4 Å². The molecule has 1 atom stereocenters. The normalized spacial score (nSPS) is 12.6. The number of aliphatic hydroxyl groups excluding tert-OH is 1. The summed E-state index contributed by atoms with van der Waals surface area (Å²) in [5.41, 5.74) is 0.813. The Kier molecular flexibility index (Phi) is 15.2. The van der Waals surface area contributed by atoms with Crippen LogP contribution in [0.15, 0.2) is 29.3 Å². The molecular formula is C21H39IN4O2. The van der Waals surface area contributed by atoms with E-state index in [0.29, 0.717) is 6.54 Å². The quantitative estimate of drug-likeness (QED) is 0.230. The summed E-state index contributed by atoms with van der Waals surface area (Å²) in [7, 11) is 0. The zero-order valence-corrected chi connectivity index (χ0v) is 20.4. The van der Waals surface area contributed by atoms with Crippen LogP contribution in [0.3, 0.4) is 0 Å². The van der Waals surface area contributed by atoms with Gasteiger partial charge in [0.1, 0.15) is 5.75 Å². The molecule has 1 aromatic rings. The van der Waals surface area contributed by atoms with Crippen molar-refractivity contribution in [3.63, 3.8) is 0 Å². The predicted octanol–water partition coefficient (Wildman–Crippen LogP) is 3.41. The Labute approximate surface area is 188 Å². The van der Waals surface area contributed by atoms with Gasteiger partial charge >= 0.3 is 0 Å². The number of ether oxygens (including phenoxy) is 1. The molecule has 0 radical (unpaired) electrons. The number of benzene rings is 1. The lowest BCUT2D eigenvalue weighted by Gasteiger charge is -2.20. The van der Waals surface area contributed by atoms with Gasteiger partial charge in [-0.2, -0.15) is 0 Å². The average molecular weight is 506 g/mol. The topological polar surface area (TPSA) is 69.1 Å². The smallest absolute Gasteiger partial charge is 0.191 e. The minimum Gasteiger partial charge on any atom is -0.491 e. The zero-order valence-electron chi connectivity index (χ0n) is 18.1. The summed E-state index contributed by atoms with van der Waals surface area (Å²) in [6.45, 7) is 15.4. The van der Waals surface area contributed by atoms with E-state index in [-0.39, 0.29) is 30.1 Å². The fourth-order valence-corrected chi connectivity index (χ4v) is 2.77. The number of hydrogen-bond donors (Lipinski definition) is 3. The van der Waals surface area contributed by atoms with E-state index >= 15 is 0 Å². The van der Waals surface area contributed by atoms with Gasteiger partial charge in [-0.3, -0.25) is 4.99 Å². The number of aliphatic hydroxyl groups is 1. The molecule has 1 rings (SSSR count). The highest BCUT2D eigenvalue weighted by Gasteiger charge is 2.10. The molecule has 6 nitrogen and oxygen atoms in total. The Bertz CT molecular complexity index is 555. The molecule has 0 fully saturated rings. The Balaban J connectivity index is 0.00000729. The van der Waals surface area contributed by atoms with Gasteiger partial charge in [0.2, 0.25) is 0 Å². The van der Waals surface area contributed by atoms with Crippen molar-refractivity contribution >= 4 is 29.9 Å². The van der Waals surface area contributed by atoms with E-state index in [2.05, 4.69) is 34.4 Å². The highest BCUT2D eigenvalue weighted by atomic mass is 127. The molecule has 0 aliphatic rings.